The van der Waals surface area contributed by atoms with Crippen molar-refractivity contribution in [3.8, 4) is 0 Å². The molecule has 224 valence electrons. The van der Waals surface area contributed by atoms with Gasteiger partial charge in [0.15, 0.2) is 5.78 Å². The highest BCUT2D eigenvalue weighted by atomic mass is 16.3. The second-order valence-electron chi connectivity index (χ2n) is 16.1. The molecule has 4 saturated carbocycles. The summed E-state index contributed by atoms with van der Waals surface area (Å²) in [4.78, 5) is 36.6. The SMILES string of the molecule is Cc1ncncc1NC(=O)[C@@]12CC[C@]3(C)[C@H](CC[C@@H]4[C@@]5(C)CC[C@H](O)C(C)(C)[C@@H]5CC[C@]43C)C1=C(C(C)C)C(=O)C2. The van der Waals surface area contributed by atoms with Gasteiger partial charge < -0.3 is 10.4 Å². The number of carbonyl (C=O) groups excluding carboxylic acids is 2. The van der Waals surface area contributed by atoms with E-state index < -0.39 is 5.41 Å². The van der Waals surface area contributed by atoms with Crippen molar-refractivity contribution in [1.82, 2.24) is 9.97 Å². The Hall–Kier alpha value is -2.08. The van der Waals surface area contributed by atoms with E-state index in [2.05, 4.69) is 63.8 Å². The number of allylic oxidation sites excluding steroid dienone is 1. The highest BCUT2D eigenvalue weighted by Crippen LogP contribution is 2.76. The number of aliphatic hydroxyl groups excluding tert-OH is 1. The first-order valence-corrected chi connectivity index (χ1v) is 16.2. The van der Waals surface area contributed by atoms with E-state index in [1.807, 2.05) is 6.92 Å². The topological polar surface area (TPSA) is 92.2 Å². The summed E-state index contributed by atoms with van der Waals surface area (Å²) in [5.74, 6) is 1.52. The molecular weight excluding hydrogens is 510 g/mol. The van der Waals surface area contributed by atoms with Crippen molar-refractivity contribution in [3.63, 3.8) is 0 Å². The van der Waals surface area contributed by atoms with Crippen LogP contribution in [0.15, 0.2) is 23.7 Å². The maximum atomic E-state index is 14.3. The van der Waals surface area contributed by atoms with Gasteiger partial charge in [-0.15, -0.1) is 0 Å². The van der Waals surface area contributed by atoms with Gasteiger partial charge in [0.2, 0.25) is 5.91 Å². The molecule has 6 nitrogen and oxygen atoms in total. The summed E-state index contributed by atoms with van der Waals surface area (Å²) in [5.41, 5.74) is 2.94. The van der Waals surface area contributed by atoms with Crippen molar-refractivity contribution in [2.45, 2.75) is 119 Å². The number of Topliss-reactive ketones (excluding diaryl/α,β-unsaturated/α-hetero) is 1. The molecule has 0 aliphatic heterocycles. The molecule has 1 aromatic heterocycles. The van der Waals surface area contributed by atoms with Crippen molar-refractivity contribution in [1.29, 1.82) is 0 Å². The van der Waals surface area contributed by atoms with E-state index >= 15 is 0 Å². The first-order valence-electron chi connectivity index (χ1n) is 16.2. The number of amides is 1. The summed E-state index contributed by atoms with van der Waals surface area (Å²) in [5, 5.41) is 14.2. The standard InChI is InChI=1S/C35H51N3O3/c1-20(2)28-24(39)17-35(30(41)38-23-18-36-19-37-21(23)3)16-15-33(7)22(29(28)35)9-10-26-32(6)13-12-27(40)31(4,5)25(32)11-14-34(26,33)8/h18-20,22,25-27,40H,9-17H2,1-8H3,(H,38,41)/t22-,25+,26-,27+,32+,33-,34-,35-/m1/s1. The largest absolute Gasteiger partial charge is 0.393 e. The first kappa shape index (κ1) is 29.0. The molecule has 8 atom stereocenters. The normalized spacial score (nSPS) is 43.2. The second-order valence-corrected chi connectivity index (χ2v) is 16.1. The molecule has 0 spiro atoms. The van der Waals surface area contributed by atoms with E-state index in [0.29, 0.717) is 23.9 Å². The molecular formula is C35H51N3O3. The Morgan fingerprint density at radius 2 is 1.71 bits per heavy atom. The Balaban J connectivity index is 1.43. The molecule has 5 aliphatic rings. The number of hydrogen-bond donors (Lipinski definition) is 2. The minimum Gasteiger partial charge on any atom is -0.393 e. The van der Waals surface area contributed by atoms with Gasteiger partial charge >= 0.3 is 0 Å². The van der Waals surface area contributed by atoms with E-state index in [1.165, 1.54) is 11.9 Å². The lowest BCUT2D eigenvalue weighted by Crippen LogP contribution is -2.66. The van der Waals surface area contributed by atoms with Crippen molar-refractivity contribution >= 4 is 17.4 Å². The number of carbonyl (C=O) groups is 2. The van der Waals surface area contributed by atoms with Crippen LogP contribution >= 0.6 is 0 Å². The molecule has 0 unspecified atom stereocenters. The summed E-state index contributed by atoms with van der Waals surface area (Å²) >= 11 is 0. The molecule has 0 saturated heterocycles. The number of aromatic nitrogens is 2. The van der Waals surface area contributed by atoms with Crippen LogP contribution in [0.25, 0.3) is 0 Å². The third-order valence-electron chi connectivity index (χ3n) is 14.0. The molecule has 0 aromatic carbocycles. The average molecular weight is 562 g/mol. The van der Waals surface area contributed by atoms with Crippen molar-refractivity contribution in [3.05, 3.63) is 29.4 Å². The number of anilines is 1. The summed E-state index contributed by atoms with van der Waals surface area (Å²) in [6.07, 6.45) is 11.3. The number of ketones is 1. The van der Waals surface area contributed by atoms with Gasteiger partial charge in [0.05, 0.1) is 29.1 Å². The Bertz CT molecular complexity index is 1320. The van der Waals surface area contributed by atoms with Crippen molar-refractivity contribution in [2.24, 2.45) is 50.7 Å². The lowest BCUT2D eigenvalue weighted by molar-refractivity contribution is -0.228. The van der Waals surface area contributed by atoms with Crippen molar-refractivity contribution < 1.29 is 14.7 Å². The Morgan fingerprint density at radius 1 is 0.976 bits per heavy atom. The molecule has 5 aliphatic carbocycles. The van der Waals surface area contributed by atoms with Gasteiger partial charge in [-0.25, -0.2) is 9.97 Å². The Morgan fingerprint density at radius 3 is 2.39 bits per heavy atom. The second kappa shape index (κ2) is 9.21. The zero-order chi connectivity index (χ0) is 29.8. The number of fused-ring (bicyclic) bond motifs is 7. The Kier molecular flexibility index (Phi) is 6.52. The van der Waals surface area contributed by atoms with Gasteiger partial charge in [-0.2, -0.15) is 0 Å². The molecule has 1 aromatic rings. The van der Waals surface area contributed by atoms with Crippen LogP contribution in [-0.4, -0.2) is 32.9 Å². The molecule has 4 fully saturated rings. The predicted octanol–water partition coefficient (Wildman–Crippen LogP) is 7.07. The van der Waals surface area contributed by atoms with Crippen LogP contribution in [0.4, 0.5) is 5.69 Å². The van der Waals surface area contributed by atoms with Gasteiger partial charge in [0.25, 0.3) is 0 Å². The zero-order valence-electron chi connectivity index (χ0n) is 26.6. The van der Waals surface area contributed by atoms with Crippen LogP contribution in [0.1, 0.15) is 112 Å². The molecule has 6 rings (SSSR count). The quantitative estimate of drug-likeness (QED) is 0.412. The highest BCUT2D eigenvalue weighted by molar-refractivity contribution is 6.10. The molecule has 41 heavy (non-hydrogen) atoms. The third-order valence-corrected chi connectivity index (χ3v) is 14.0. The van der Waals surface area contributed by atoms with E-state index in [-0.39, 0.29) is 57.7 Å². The molecule has 0 radical (unpaired) electrons. The van der Waals surface area contributed by atoms with E-state index in [9.17, 15) is 14.7 Å². The van der Waals surface area contributed by atoms with Gasteiger partial charge in [0, 0.05) is 6.42 Å². The third kappa shape index (κ3) is 3.70. The van der Waals surface area contributed by atoms with E-state index in [0.717, 1.165) is 56.2 Å². The molecule has 2 N–H and O–H groups in total. The number of aryl methyl sites for hydroxylation is 1. The molecule has 1 amide bonds. The van der Waals surface area contributed by atoms with Crippen LogP contribution in [0.3, 0.4) is 0 Å². The van der Waals surface area contributed by atoms with Crippen LogP contribution in [-0.2, 0) is 9.59 Å². The van der Waals surface area contributed by atoms with Gasteiger partial charge in [-0.3, -0.25) is 9.59 Å². The average Bonchev–Trinajstić information content (AvgIpc) is 3.21. The fraction of sp³-hybridized carbons (Fsp3) is 0.771. The van der Waals surface area contributed by atoms with Crippen LogP contribution in [0.2, 0.25) is 0 Å². The monoisotopic (exact) mass is 561 g/mol. The fourth-order valence-corrected chi connectivity index (χ4v) is 11.6. The maximum Gasteiger partial charge on any atom is 0.235 e. The minimum atomic E-state index is -0.787. The number of nitrogens with one attached hydrogen (secondary N) is 1. The number of nitrogens with zero attached hydrogens (tertiary/aromatic N) is 2. The summed E-state index contributed by atoms with van der Waals surface area (Å²) in [6, 6.07) is 0. The summed E-state index contributed by atoms with van der Waals surface area (Å²) in [6.45, 7) is 18.4. The Labute approximate surface area is 246 Å². The van der Waals surface area contributed by atoms with E-state index in [1.54, 1.807) is 6.20 Å². The van der Waals surface area contributed by atoms with Gasteiger partial charge in [-0.1, -0.05) is 48.5 Å². The number of hydrogen-bond acceptors (Lipinski definition) is 5. The smallest absolute Gasteiger partial charge is 0.235 e. The molecule has 6 heteroatoms. The maximum absolute atomic E-state index is 14.3. The van der Waals surface area contributed by atoms with Gasteiger partial charge in [-0.05, 0) is 115 Å². The lowest BCUT2D eigenvalue weighted by atomic mass is 9.33. The zero-order valence-corrected chi connectivity index (χ0v) is 26.6. The summed E-state index contributed by atoms with van der Waals surface area (Å²) < 4.78 is 0. The highest BCUT2D eigenvalue weighted by Gasteiger charge is 2.70. The fourth-order valence-electron chi connectivity index (χ4n) is 11.6. The van der Waals surface area contributed by atoms with Crippen LogP contribution in [0, 0.1) is 57.7 Å². The molecule has 0 bridgehead atoms. The number of rotatable bonds is 3. The first-order chi connectivity index (χ1) is 19.1. The van der Waals surface area contributed by atoms with E-state index in [4.69, 9.17) is 0 Å². The van der Waals surface area contributed by atoms with Gasteiger partial charge in [0.1, 0.15) is 6.33 Å². The predicted molar refractivity (Wildman–Crippen MR) is 161 cm³/mol. The van der Waals surface area contributed by atoms with Crippen molar-refractivity contribution in [2.75, 3.05) is 5.32 Å². The molecule has 1 heterocycles. The lowest BCUT2D eigenvalue weighted by Gasteiger charge is -2.72. The van der Waals surface area contributed by atoms with Crippen LogP contribution < -0.4 is 5.32 Å². The van der Waals surface area contributed by atoms with Crippen LogP contribution in [0.5, 0.6) is 0 Å². The summed E-state index contributed by atoms with van der Waals surface area (Å²) in [7, 11) is 0. The minimum absolute atomic E-state index is 0.0136. The number of aliphatic hydroxyl groups is 1.